The lowest BCUT2D eigenvalue weighted by molar-refractivity contribution is -0.919. The minimum atomic E-state index is -0.977. The molecule has 0 amide bonds. The number of aliphatic hydroxyl groups is 1. The minimum absolute atomic E-state index is 0. The van der Waals surface area contributed by atoms with Crippen LogP contribution in [0.4, 0.5) is 0 Å². The normalized spacial score (nSPS) is 42.4. The number of carbonyl (C=O) groups is 1. The van der Waals surface area contributed by atoms with E-state index in [9.17, 15) is 15.0 Å². The van der Waals surface area contributed by atoms with Crippen molar-refractivity contribution in [3.63, 3.8) is 0 Å². The van der Waals surface area contributed by atoms with Crippen molar-refractivity contribution in [2.45, 2.75) is 42.4 Å². The number of aromatic hydroxyl groups is 1. The van der Waals surface area contributed by atoms with E-state index < -0.39 is 17.1 Å². The predicted octanol–water partition coefficient (Wildman–Crippen LogP) is -1.94. The Labute approximate surface area is 163 Å². The van der Waals surface area contributed by atoms with E-state index in [4.69, 9.17) is 4.74 Å². The largest absolute Gasteiger partial charge is 1.00 e. The predicted molar refractivity (Wildman–Crippen MR) is 87.0 cm³/mol. The highest BCUT2D eigenvalue weighted by Crippen LogP contribution is 2.66. The van der Waals surface area contributed by atoms with Gasteiger partial charge in [0.25, 0.3) is 0 Å². The van der Waals surface area contributed by atoms with Gasteiger partial charge in [0.2, 0.25) is 0 Å². The van der Waals surface area contributed by atoms with Crippen LogP contribution in [0.25, 0.3) is 0 Å². The Kier molecular flexibility index (Phi) is 3.45. The molecule has 1 unspecified atom stereocenters. The quantitative estimate of drug-likeness (QED) is 0.310. The Balaban J connectivity index is 0.00000157. The Morgan fingerprint density at radius 2 is 2.24 bits per heavy atom. The van der Waals surface area contributed by atoms with Gasteiger partial charge in [0.15, 0.2) is 23.4 Å². The number of quaternary nitrogens is 1. The molecule has 25 heavy (non-hydrogen) atoms. The minimum Gasteiger partial charge on any atom is -1.00 e. The number of halogens is 1. The lowest BCUT2D eigenvalue weighted by atomic mass is 9.54. The summed E-state index contributed by atoms with van der Waals surface area (Å²) in [6.45, 7) is 5.28. The van der Waals surface area contributed by atoms with Crippen molar-refractivity contribution in [1.29, 1.82) is 0 Å². The summed E-state index contributed by atoms with van der Waals surface area (Å²) >= 11 is 0. The lowest BCUT2D eigenvalue weighted by Crippen LogP contribution is -3.00. The van der Waals surface area contributed by atoms with Crippen LogP contribution in [0.3, 0.4) is 0 Å². The monoisotopic (exact) mass is 455 g/mol. The van der Waals surface area contributed by atoms with Gasteiger partial charge in [-0.05, 0) is 24.1 Å². The van der Waals surface area contributed by atoms with E-state index in [0.29, 0.717) is 29.6 Å². The number of carbonyl (C=O) groups excluding carboxylic acids is 1. The summed E-state index contributed by atoms with van der Waals surface area (Å²) in [5.41, 5.74) is 0.257. The van der Waals surface area contributed by atoms with Gasteiger partial charge in [-0.25, -0.2) is 0 Å². The molecule has 5 atom stereocenters. The molecule has 2 fully saturated rings. The van der Waals surface area contributed by atoms with E-state index in [-0.39, 0.29) is 41.6 Å². The lowest BCUT2D eigenvalue weighted by Gasteiger charge is -2.48. The number of ether oxygens (including phenoxy) is 1. The zero-order chi connectivity index (χ0) is 16.9. The zero-order valence-electron chi connectivity index (χ0n) is 14.2. The first-order chi connectivity index (χ1) is 11.4. The van der Waals surface area contributed by atoms with E-state index in [1.807, 2.05) is 12.1 Å². The third-order valence-electron chi connectivity index (χ3n) is 7.04. The second-order valence-corrected chi connectivity index (χ2v) is 8.14. The Morgan fingerprint density at radius 3 is 2.96 bits per heavy atom. The molecule has 2 bridgehead atoms. The molecule has 1 aromatic carbocycles. The van der Waals surface area contributed by atoms with Gasteiger partial charge in [-0.2, -0.15) is 0 Å². The maximum absolute atomic E-state index is 12.7. The maximum Gasteiger partial charge on any atom is 0.175 e. The summed E-state index contributed by atoms with van der Waals surface area (Å²) in [5.74, 6) is 0.515. The second-order valence-electron chi connectivity index (χ2n) is 8.14. The van der Waals surface area contributed by atoms with Gasteiger partial charge in [0, 0.05) is 18.4 Å². The average molecular weight is 455 g/mol. The van der Waals surface area contributed by atoms with Gasteiger partial charge in [-0.1, -0.05) is 12.6 Å². The van der Waals surface area contributed by atoms with Crippen molar-refractivity contribution in [2.24, 2.45) is 0 Å². The zero-order valence-corrected chi connectivity index (χ0v) is 16.3. The van der Waals surface area contributed by atoms with Crippen molar-refractivity contribution < 1.29 is 48.2 Å². The van der Waals surface area contributed by atoms with Crippen molar-refractivity contribution in [3.8, 4) is 11.5 Å². The molecule has 6 heteroatoms. The smallest absolute Gasteiger partial charge is 0.175 e. The molecule has 4 aliphatic rings. The Bertz CT molecular complexity index is 811. The van der Waals surface area contributed by atoms with Crippen LogP contribution in [0.1, 0.15) is 24.0 Å². The van der Waals surface area contributed by atoms with E-state index in [1.165, 1.54) is 0 Å². The topological polar surface area (TPSA) is 66.8 Å². The number of hydrogen-bond donors (Lipinski definition) is 2. The van der Waals surface area contributed by atoms with Crippen molar-refractivity contribution >= 4 is 5.78 Å². The van der Waals surface area contributed by atoms with E-state index >= 15 is 0 Å². The molecule has 0 aromatic heterocycles. The standard InChI is InChI=1S/C19H21NO4.HI/c1-3-8-20(2)10-18-15-11-4-5-12(21)16(15)24-17(18)13(22)6-7-19(18,23)14(20)9-11;/h3-5,14,17,23H,1,6-10H2,2H3;1H/t14-,17+,18+,19-,20?;/m1./s1. The molecule has 1 spiro atoms. The SMILES string of the molecule is C=CC[N+]1(C)C[C@]23c4c5ccc(O)c4O[C@H]2C(=O)CC[C@@]3(O)[C@H]1C5.[I-]. The fourth-order valence-electron chi connectivity index (χ4n) is 6.24. The summed E-state index contributed by atoms with van der Waals surface area (Å²) in [5, 5.41) is 22.1. The van der Waals surface area contributed by atoms with Crippen LogP contribution in [0.2, 0.25) is 0 Å². The average Bonchev–Trinajstić information content (AvgIpc) is 2.93. The molecule has 1 aromatic rings. The Morgan fingerprint density at radius 1 is 1.48 bits per heavy atom. The van der Waals surface area contributed by atoms with E-state index in [2.05, 4.69) is 13.6 Å². The van der Waals surface area contributed by atoms with Crippen molar-refractivity contribution in [3.05, 3.63) is 35.9 Å². The summed E-state index contributed by atoms with van der Waals surface area (Å²) < 4.78 is 6.66. The molecule has 2 aliphatic carbocycles. The highest BCUT2D eigenvalue weighted by Gasteiger charge is 2.80. The molecule has 1 saturated heterocycles. The Hall–Kier alpha value is -1.12. The molecule has 2 heterocycles. The number of nitrogens with zero attached hydrogens (tertiary/aromatic N) is 1. The van der Waals surface area contributed by atoms with Gasteiger partial charge in [-0.3, -0.25) is 4.79 Å². The molecule has 1 saturated carbocycles. The number of ketones is 1. The van der Waals surface area contributed by atoms with Crippen LogP contribution in [-0.4, -0.2) is 58.4 Å². The van der Waals surface area contributed by atoms with Crippen molar-refractivity contribution in [2.75, 3.05) is 20.1 Å². The van der Waals surface area contributed by atoms with Crippen LogP contribution >= 0.6 is 0 Å². The number of Topliss-reactive ketones (excluding diaryl/α,β-unsaturated/α-hetero) is 1. The third kappa shape index (κ3) is 1.69. The first-order valence-electron chi connectivity index (χ1n) is 8.59. The highest BCUT2D eigenvalue weighted by atomic mass is 127. The molecule has 134 valence electrons. The van der Waals surface area contributed by atoms with E-state index in [1.54, 1.807) is 6.07 Å². The van der Waals surface area contributed by atoms with Crippen LogP contribution in [-0.2, 0) is 16.6 Å². The van der Waals surface area contributed by atoms with Gasteiger partial charge in [0.05, 0.1) is 20.1 Å². The molecular weight excluding hydrogens is 433 g/mol. The van der Waals surface area contributed by atoms with Gasteiger partial charge in [0.1, 0.15) is 17.1 Å². The van der Waals surface area contributed by atoms with Gasteiger partial charge >= 0.3 is 0 Å². The number of likely N-dealkylation sites (N-methyl/N-ethyl adjacent to an activating group) is 1. The van der Waals surface area contributed by atoms with Crippen LogP contribution in [0.5, 0.6) is 11.5 Å². The summed E-state index contributed by atoms with van der Waals surface area (Å²) in [6, 6.07) is 3.59. The molecule has 2 N–H and O–H groups in total. The highest BCUT2D eigenvalue weighted by molar-refractivity contribution is 5.90. The first kappa shape index (κ1) is 17.3. The number of phenolic OH excluding ortho intramolecular Hbond substituents is 1. The second kappa shape index (κ2) is 4.98. The summed E-state index contributed by atoms with van der Waals surface area (Å²) in [4.78, 5) is 12.7. The molecule has 0 radical (unpaired) electrons. The van der Waals surface area contributed by atoms with Crippen molar-refractivity contribution in [1.82, 2.24) is 0 Å². The van der Waals surface area contributed by atoms with Crippen LogP contribution in [0.15, 0.2) is 24.8 Å². The molecule has 5 rings (SSSR count). The number of likely N-dealkylation sites (tertiary alicyclic amines) is 1. The number of hydrogen-bond acceptors (Lipinski definition) is 4. The number of phenols is 1. The third-order valence-corrected chi connectivity index (χ3v) is 7.04. The first-order valence-corrected chi connectivity index (χ1v) is 8.59. The number of rotatable bonds is 2. The van der Waals surface area contributed by atoms with E-state index in [0.717, 1.165) is 24.1 Å². The van der Waals surface area contributed by atoms with Crippen LogP contribution in [0, 0.1) is 0 Å². The summed E-state index contributed by atoms with van der Waals surface area (Å²) in [6.07, 6.45) is 2.74. The fourth-order valence-corrected chi connectivity index (χ4v) is 6.24. The molecule has 5 nitrogen and oxygen atoms in total. The summed E-state index contributed by atoms with van der Waals surface area (Å²) in [7, 11) is 2.14. The van der Waals surface area contributed by atoms with Gasteiger partial charge < -0.3 is 43.4 Å². The molecular formula is C19H22INO4. The molecule has 2 aliphatic heterocycles. The van der Waals surface area contributed by atoms with Gasteiger partial charge in [-0.15, -0.1) is 0 Å². The fraction of sp³-hybridized carbons (Fsp3) is 0.526. The van der Waals surface area contributed by atoms with Crippen LogP contribution < -0.4 is 28.7 Å². The number of benzene rings is 1. The maximum atomic E-state index is 12.7.